The lowest BCUT2D eigenvalue weighted by Gasteiger charge is -2.36. The number of likely N-dealkylation sites (tertiary alicyclic amines) is 1. The van der Waals surface area contributed by atoms with Gasteiger partial charge in [-0.15, -0.1) is 0 Å². The van der Waals surface area contributed by atoms with Gasteiger partial charge in [-0.3, -0.25) is 14.4 Å². The first kappa shape index (κ1) is 22.0. The van der Waals surface area contributed by atoms with Crippen LogP contribution in [-0.4, -0.2) is 65.1 Å². The third-order valence-corrected chi connectivity index (χ3v) is 6.34. The van der Waals surface area contributed by atoms with E-state index < -0.39 is 11.8 Å². The van der Waals surface area contributed by atoms with Gasteiger partial charge in [0.05, 0.1) is 0 Å². The summed E-state index contributed by atoms with van der Waals surface area (Å²) in [6, 6.07) is 16.2. The van der Waals surface area contributed by atoms with Gasteiger partial charge >= 0.3 is 11.8 Å². The summed E-state index contributed by atoms with van der Waals surface area (Å²) in [6.07, 6.45) is 2.91. The zero-order valence-electron chi connectivity index (χ0n) is 18.1. The maximum Gasteiger partial charge on any atom is 0.312 e. The van der Waals surface area contributed by atoms with E-state index in [0.29, 0.717) is 32.1 Å². The summed E-state index contributed by atoms with van der Waals surface area (Å²) in [5, 5.41) is 0. The van der Waals surface area contributed by atoms with Crippen LogP contribution in [0.15, 0.2) is 54.6 Å². The van der Waals surface area contributed by atoms with Crippen molar-refractivity contribution in [2.75, 3.05) is 32.7 Å². The third-order valence-electron chi connectivity index (χ3n) is 6.34. The van der Waals surface area contributed by atoms with Crippen LogP contribution in [0, 0.1) is 11.7 Å². The highest BCUT2D eigenvalue weighted by molar-refractivity contribution is 6.35. The van der Waals surface area contributed by atoms with E-state index in [0.717, 1.165) is 24.8 Å². The summed E-state index contributed by atoms with van der Waals surface area (Å²) in [5.74, 6) is -1.15. The maximum atomic E-state index is 13.1. The molecule has 0 saturated carbocycles. The Morgan fingerprint density at radius 1 is 0.812 bits per heavy atom. The molecule has 2 heterocycles. The van der Waals surface area contributed by atoms with Crippen LogP contribution in [0.5, 0.6) is 0 Å². The molecule has 2 saturated heterocycles. The largest absolute Gasteiger partial charge is 0.341 e. The highest BCUT2D eigenvalue weighted by Gasteiger charge is 2.34. The molecule has 168 valence electrons. The Balaban J connectivity index is 1.25. The van der Waals surface area contributed by atoms with Gasteiger partial charge in [-0.2, -0.15) is 0 Å². The van der Waals surface area contributed by atoms with Gasteiger partial charge in [-0.25, -0.2) is 4.39 Å². The first-order valence-corrected chi connectivity index (χ1v) is 11.1. The molecule has 0 unspecified atom stereocenters. The summed E-state index contributed by atoms with van der Waals surface area (Å²) >= 11 is 0. The zero-order chi connectivity index (χ0) is 22.5. The predicted molar refractivity (Wildman–Crippen MR) is 118 cm³/mol. The number of carbonyl (C=O) groups excluding carboxylic acids is 3. The molecule has 4 rings (SSSR count). The predicted octanol–water partition coefficient (Wildman–Crippen LogP) is 2.48. The van der Waals surface area contributed by atoms with E-state index in [1.165, 1.54) is 27.5 Å². The number of halogens is 1. The smallest absolute Gasteiger partial charge is 0.312 e. The lowest BCUT2D eigenvalue weighted by molar-refractivity contribution is -0.158. The molecule has 0 radical (unpaired) electrons. The third kappa shape index (κ3) is 5.33. The molecule has 0 spiro atoms. The van der Waals surface area contributed by atoms with E-state index in [9.17, 15) is 18.8 Å². The zero-order valence-corrected chi connectivity index (χ0v) is 18.1. The average molecular weight is 438 g/mol. The van der Waals surface area contributed by atoms with Gasteiger partial charge in [0.15, 0.2) is 0 Å². The van der Waals surface area contributed by atoms with Gasteiger partial charge < -0.3 is 14.7 Å². The average Bonchev–Trinajstić information content (AvgIpc) is 2.81. The first-order valence-electron chi connectivity index (χ1n) is 11.1. The molecular weight excluding hydrogens is 409 g/mol. The molecule has 2 aliphatic rings. The van der Waals surface area contributed by atoms with Crippen molar-refractivity contribution in [2.24, 2.45) is 5.92 Å². The summed E-state index contributed by atoms with van der Waals surface area (Å²) in [6.45, 7) is 2.24. The SMILES string of the molecule is O=C(CN1CCN(Cc2ccc(F)cc2)C(=O)C1=O)N1CCC(Cc2ccccc2)CC1. The second kappa shape index (κ2) is 9.94. The molecule has 0 aromatic heterocycles. The maximum absolute atomic E-state index is 13.1. The second-order valence-electron chi connectivity index (χ2n) is 8.59. The Bertz CT molecular complexity index is 956. The molecule has 0 bridgehead atoms. The lowest BCUT2D eigenvalue weighted by Crippen LogP contribution is -2.56. The van der Waals surface area contributed by atoms with Gasteiger partial charge in [0.1, 0.15) is 12.4 Å². The molecule has 6 nitrogen and oxygen atoms in total. The van der Waals surface area contributed by atoms with Crippen molar-refractivity contribution in [3.8, 4) is 0 Å². The van der Waals surface area contributed by atoms with E-state index in [4.69, 9.17) is 0 Å². The minimum Gasteiger partial charge on any atom is -0.341 e. The number of rotatable bonds is 6. The number of benzene rings is 2. The number of piperidine rings is 1. The quantitative estimate of drug-likeness (QED) is 0.653. The van der Waals surface area contributed by atoms with Crippen molar-refractivity contribution in [3.63, 3.8) is 0 Å². The number of hydrogen-bond donors (Lipinski definition) is 0. The number of nitrogens with zero attached hydrogens (tertiary/aromatic N) is 3. The van der Waals surface area contributed by atoms with E-state index in [-0.39, 0.29) is 24.8 Å². The molecular formula is C25H28FN3O3. The second-order valence-corrected chi connectivity index (χ2v) is 8.59. The molecule has 7 heteroatoms. The van der Waals surface area contributed by atoms with Crippen molar-refractivity contribution in [1.82, 2.24) is 14.7 Å². The standard InChI is InChI=1S/C25H28FN3O3/c26-22-8-6-21(7-9-22)17-28-14-15-29(25(32)24(28)31)18-23(30)27-12-10-20(11-13-27)16-19-4-2-1-3-5-19/h1-9,20H,10-18H2. The van der Waals surface area contributed by atoms with Crippen LogP contribution < -0.4 is 0 Å². The van der Waals surface area contributed by atoms with Crippen LogP contribution in [0.25, 0.3) is 0 Å². The van der Waals surface area contributed by atoms with E-state index in [1.807, 2.05) is 23.1 Å². The molecule has 3 amide bonds. The molecule has 2 aromatic carbocycles. The van der Waals surface area contributed by atoms with Crippen LogP contribution in [0.1, 0.15) is 24.0 Å². The van der Waals surface area contributed by atoms with Gasteiger partial charge in [0.2, 0.25) is 5.91 Å². The van der Waals surface area contributed by atoms with Gasteiger partial charge in [0, 0.05) is 32.7 Å². The fourth-order valence-electron chi connectivity index (χ4n) is 4.42. The van der Waals surface area contributed by atoms with Crippen LogP contribution in [0.4, 0.5) is 4.39 Å². The highest BCUT2D eigenvalue weighted by atomic mass is 19.1. The van der Waals surface area contributed by atoms with Crippen molar-refractivity contribution in [2.45, 2.75) is 25.8 Å². The van der Waals surface area contributed by atoms with Crippen molar-refractivity contribution in [3.05, 3.63) is 71.5 Å². The first-order chi connectivity index (χ1) is 15.5. The normalized spacial score (nSPS) is 17.7. The summed E-state index contributed by atoms with van der Waals surface area (Å²) < 4.78 is 13.1. The van der Waals surface area contributed by atoms with E-state index in [2.05, 4.69) is 12.1 Å². The molecule has 0 aliphatic carbocycles. The Kier molecular flexibility index (Phi) is 6.83. The lowest BCUT2D eigenvalue weighted by atomic mass is 9.90. The van der Waals surface area contributed by atoms with Gasteiger partial charge in [0.25, 0.3) is 0 Å². The van der Waals surface area contributed by atoms with Gasteiger partial charge in [-0.1, -0.05) is 42.5 Å². The molecule has 0 atom stereocenters. The van der Waals surface area contributed by atoms with Gasteiger partial charge in [-0.05, 0) is 48.4 Å². The molecule has 2 fully saturated rings. The fourth-order valence-corrected chi connectivity index (χ4v) is 4.42. The van der Waals surface area contributed by atoms with Crippen LogP contribution in [-0.2, 0) is 27.3 Å². The molecule has 2 aromatic rings. The number of hydrogen-bond acceptors (Lipinski definition) is 3. The van der Waals surface area contributed by atoms with Crippen molar-refractivity contribution >= 4 is 17.7 Å². The Hall–Kier alpha value is -3.22. The highest BCUT2D eigenvalue weighted by Crippen LogP contribution is 2.22. The number of amides is 3. The molecule has 0 N–H and O–H groups in total. The summed E-state index contributed by atoms with van der Waals surface area (Å²) in [4.78, 5) is 42.4. The van der Waals surface area contributed by atoms with Crippen LogP contribution in [0.2, 0.25) is 0 Å². The Morgan fingerprint density at radius 2 is 1.44 bits per heavy atom. The number of piperazine rings is 1. The van der Waals surface area contributed by atoms with Crippen molar-refractivity contribution < 1.29 is 18.8 Å². The monoisotopic (exact) mass is 437 g/mol. The minimum absolute atomic E-state index is 0.0572. The summed E-state index contributed by atoms with van der Waals surface area (Å²) in [7, 11) is 0. The topological polar surface area (TPSA) is 60.9 Å². The van der Waals surface area contributed by atoms with Crippen molar-refractivity contribution in [1.29, 1.82) is 0 Å². The Labute approximate surface area is 187 Å². The van der Waals surface area contributed by atoms with E-state index in [1.54, 1.807) is 12.1 Å². The van der Waals surface area contributed by atoms with Crippen LogP contribution >= 0.6 is 0 Å². The minimum atomic E-state index is -0.648. The fraction of sp³-hybridized carbons (Fsp3) is 0.400. The summed E-state index contributed by atoms with van der Waals surface area (Å²) in [5.41, 5.74) is 2.08. The Morgan fingerprint density at radius 3 is 2.12 bits per heavy atom. The number of carbonyl (C=O) groups is 3. The molecule has 2 aliphatic heterocycles. The van der Waals surface area contributed by atoms with Crippen LogP contribution in [0.3, 0.4) is 0 Å². The van der Waals surface area contributed by atoms with E-state index >= 15 is 0 Å². The molecule has 32 heavy (non-hydrogen) atoms.